The molecule has 0 aromatic rings. The Kier molecular flexibility index (Phi) is 5.22. The molecule has 2 aliphatic carbocycles. The Hall–Kier alpha value is -1.73. The fourth-order valence-corrected chi connectivity index (χ4v) is 6.52. The number of hydrogen-bond acceptors (Lipinski definition) is 5. The lowest BCUT2D eigenvalue weighted by molar-refractivity contribution is -0.147. The van der Waals surface area contributed by atoms with Crippen molar-refractivity contribution in [3.05, 3.63) is 12.2 Å². The molecule has 7 nitrogen and oxygen atoms in total. The maximum Gasteiger partial charge on any atom is 0.242 e. The van der Waals surface area contributed by atoms with Gasteiger partial charge in [0.2, 0.25) is 17.7 Å². The van der Waals surface area contributed by atoms with Crippen LogP contribution in [0.1, 0.15) is 33.1 Å². The van der Waals surface area contributed by atoms with E-state index >= 15 is 0 Å². The van der Waals surface area contributed by atoms with Gasteiger partial charge in [-0.2, -0.15) is 0 Å². The molecule has 3 aliphatic heterocycles. The summed E-state index contributed by atoms with van der Waals surface area (Å²) in [6.07, 6.45) is 7.60. The maximum absolute atomic E-state index is 12.9. The van der Waals surface area contributed by atoms with E-state index in [1.54, 1.807) is 0 Å². The molecule has 0 aromatic heterocycles. The van der Waals surface area contributed by atoms with Crippen molar-refractivity contribution >= 4 is 17.7 Å². The molecule has 6 unspecified atom stereocenters. The third-order valence-electron chi connectivity index (χ3n) is 7.83. The number of allylic oxidation sites excluding steroid dienone is 2. The zero-order valence-corrected chi connectivity index (χ0v) is 18.0. The van der Waals surface area contributed by atoms with Crippen LogP contribution in [0.4, 0.5) is 0 Å². The predicted octanol–water partition coefficient (Wildman–Crippen LogP) is 1.14. The molecular weight excluding hydrogens is 382 g/mol. The predicted molar refractivity (Wildman–Crippen MR) is 110 cm³/mol. The number of fused-ring (bicyclic) bond motifs is 5. The summed E-state index contributed by atoms with van der Waals surface area (Å²) in [6.45, 7) is 8.62. The third-order valence-corrected chi connectivity index (χ3v) is 7.83. The number of ether oxygens (including phenoxy) is 1. The highest BCUT2D eigenvalue weighted by atomic mass is 16.5. The standard InChI is InChI=1S/C23H33N3O4/c1-14-10-24(11-15(2)30-14)12-16-5-7-25(8-6-16)19(27)13-26-22(28)20-17-3-4-18(9-17)21(20)23(26)29/h3-4,14-18,20-21H,5-13H2,1-2H3. The summed E-state index contributed by atoms with van der Waals surface area (Å²) in [4.78, 5) is 44.1. The molecule has 164 valence electrons. The Morgan fingerprint density at radius 3 is 2.13 bits per heavy atom. The number of imide groups is 1. The largest absolute Gasteiger partial charge is 0.373 e. The summed E-state index contributed by atoms with van der Waals surface area (Å²) in [5.74, 6) is 0.206. The lowest BCUT2D eigenvalue weighted by atomic mass is 9.85. The first kappa shape index (κ1) is 20.2. The maximum atomic E-state index is 12.9. The summed E-state index contributed by atoms with van der Waals surface area (Å²) in [5, 5.41) is 0. The fourth-order valence-electron chi connectivity index (χ4n) is 6.52. The second-order valence-corrected chi connectivity index (χ2v) is 10.1. The molecule has 4 fully saturated rings. The highest BCUT2D eigenvalue weighted by Gasteiger charge is 2.59. The van der Waals surface area contributed by atoms with Gasteiger partial charge in [-0.1, -0.05) is 12.2 Å². The molecule has 3 heterocycles. The van der Waals surface area contributed by atoms with E-state index in [2.05, 4.69) is 30.9 Å². The van der Waals surface area contributed by atoms with Crippen LogP contribution in [0.15, 0.2) is 12.2 Å². The number of likely N-dealkylation sites (tertiary alicyclic amines) is 2. The molecule has 6 atom stereocenters. The molecular formula is C23H33N3O4. The van der Waals surface area contributed by atoms with Crippen molar-refractivity contribution in [1.82, 2.24) is 14.7 Å². The molecule has 5 aliphatic rings. The van der Waals surface area contributed by atoms with E-state index in [1.165, 1.54) is 4.90 Å². The van der Waals surface area contributed by atoms with Crippen LogP contribution in [0, 0.1) is 29.6 Å². The van der Waals surface area contributed by atoms with Crippen molar-refractivity contribution in [3.8, 4) is 0 Å². The first-order chi connectivity index (χ1) is 14.4. The van der Waals surface area contributed by atoms with E-state index in [0.29, 0.717) is 5.92 Å². The third kappa shape index (κ3) is 3.50. The van der Waals surface area contributed by atoms with Gasteiger partial charge in [-0.05, 0) is 50.9 Å². The Morgan fingerprint density at radius 2 is 1.57 bits per heavy atom. The van der Waals surface area contributed by atoms with Crippen molar-refractivity contribution in [2.24, 2.45) is 29.6 Å². The van der Waals surface area contributed by atoms with Crippen molar-refractivity contribution in [3.63, 3.8) is 0 Å². The van der Waals surface area contributed by atoms with Crippen molar-refractivity contribution < 1.29 is 19.1 Å². The van der Waals surface area contributed by atoms with Gasteiger partial charge in [0.05, 0.1) is 24.0 Å². The second kappa shape index (κ2) is 7.75. The van der Waals surface area contributed by atoms with Gasteiger partial charge < -0.3 is 9.64 Å². The summed E-state index contributed by atoms with van der Waals surface area (Å²) in [7, 11) is 0. The van der Waals surface area contributed by atoms with Crippen LogP contribution >= 0.6 is 0 Å². The number of rotatable bonds is 4. The average molecular weight is 416 g/mol. The number of morpholine rings is 1. The molecule has 3 saturated heterocycles. The smallest absolute Gasteiger partial charge is 0.242 e. The molecule has 1 saturated carbocycles. The van der Waals surface area contributed by atoms with Crippen molar-refractivity contribution in [1.29, 1.82) is 0 Å². The molecule has 7 heteroatoms. The minimum Gasteiger partial charge on any atom is -0.373 e. The molecule has 30 heavy (non-hydrogen) atoms. The molecule has 0 spiro atoms. The molecule has 0 aromatic carbocycles. The highest BCUT2D eigenvalue weighted by molar-refractivity contribution is 6.08. The van der Waals surface area contributed by atoms with Gasteiger partial charge >= 0.3 is 0 Å². The first-order valence-corrected chi connectivity index (χ1v) is 11.6. The van der Waals surface area contributed by atoms with Crippen molar-refractivity contribution in [2.45, 2.75) is 45.3 Å². The lowest BCUT2D eigenvalue weighted by Gasteiger charge is -2.39. The Morgan fingerprint density at radius 1 is 1.00 bits per heavy atom. The molecule has 3 amide bonds. The van der Waals surface area contributed by atoms with Crippen LogP contribution < -0.4 is 0 Å². The zero-order chi connectivity index (χ0) is 21.0. The minimum atomic E-state index is -0.218. The Bertz CT molecular complexity index is 720. The number of carbonyl (C=O) groups is 3. The Balaban J connectivity index is 1.12. The van der Waals surface area contributed by atoms with E-state index in [4.69, 9.17) is 4.74 Å². The van der Waals surface area contributed by atoms with Crippen molar-refractivity contribution in [2.75, 3.05) is 39.3 Å². The van der Waals surface area contributed by atoms with Crippen LogP contribution in [-0.4, -0.2) is 83.9 Å². The molecule has 0 radical (unpaired) electrons. The normalized spacial score (nSPS) is 39.3. The van der Waals surface area contributed by atoms with Crippen LogP contribution in [0.25, 0.3) is 0 Å². The summed E-state index contributed by atoms with van der Waals surface area (Å²) >= 11 is 0. The van der Waals surface area contributed by atoms with Gasteiger partial charge in [0.25, 0.3) is 0 Å². The van der Waals surface area contributed by atoms with Crippen LogP contribution in [0.3, 0.4) is 0 Å². The number of piperidine rings is 1. The number of hydrogen-bond donors (Lipinski definition) is 0. The van der Waals surface area contributed by atoms with Gasteiger partial charge in [0, 0.05) is 32.7 Å². The monoisotopic (exact) mass is 415 g/mol. The van der Waals surface area contributed by atoms with Gasteiger partial charge in [0.15, 0.2) is 0 Å². The van der Waals surface area contributed by atoms with Gasteiger partial charge in [-0.3, -0.25) is 24.2 Å². The van der Waals surface area contributed by atoms with E-state index in [0.717, 1.165) is 52.0 Å². The zero-order valence-electron chi connectivity index (χ0n) is 18.0. The van der Waals surface area contributed by atoms with Gasteiger partial charge in [0.1, 0.15) is 6.54 Å². The molecule has 5 rings (SSSR count). The summed E-state index contributed by atoms with van der Waals surface area (Å²) < 4.78 is 5.82. The van der Waals surface area contributed by atoms with E-state index in [-0.39, 0.29) is 60.1 Å². The van der Waals surface area contributed by atoms with E-state index in [1.807, 2.05) is 4.90 Å². The van der Waals surface area contributed by atoms with Gasteiger partial charge in [-0.15, -0.1) is 0 Å². The summed E-state index contributed by atoms with van der Waals surface area (Å²) in [6, 6.07) is 0. The number of nitrogens with zero attached hydrogens (tertiary/aromatic N) is 3. The van der Waals surface area contributed by atoms with Crippen LogP contribution in [0.2, 0.25) is 0 Å². The van der Waals surface area contributed by atoms with E-state index < -0.39 is 0 Å². The second-order valence-electron chi connectivity index (χ2n) is 10.1. The first-order valence-electron chi connectivity index (χ1n) is 11.6. The van der Waals surface area contributed by atoms with E-state index in [9.17, 15) is 14.4 Å². The van der Waals surface area contributed by atoms with Gasteiger partial charge in [-0.25, -0.2) is 0 Å². The lowest BCUT2D eigenvalue weighted by Crippen LogP contribution is -2.50. The quantitative estimate of drug-likeness (QED) is 0.509. The number of amides is 3. The minimum absolute atomic E-state index is 0.0761. The Labute approximate surface area is 178 Å². The van der Waals surface area contributed by atoms with Crippen LogP contribution in [-0.2, 0) is 19.1 Å². The molecule has 0 N–H and O–H groups in total. The topological polar surface area (TPSA) is 70.2 Å². The summed E-state index contributed by atoms with van der Waals surface area (Å²) in [5.41, 5.74) is 0. The number of carbonyl (C=O) groups excluding carboxylic acids is 3. The fraction of sp³-hybridized carbons (Fsp3) is 0.783. The molecule has 2 bridgehead atoms. The SMILES string of the molecule is CC1CN(CC2CCN(C(=O)CN3C(=O)C4C5C=CC(C5)C4C3=O)CC2)CC(C)O1. The van der Waals surface area contributed by atoms with Crippen LogP contribution in [0.5, 0.6) is 0 Å². The highest BCUT2D eigenvalue weighted by Crippen LogP contribution is 2.52. The average Bonchev–Trinajstić information content (AvgIpc) is 3.38.